The largest absolute Gasteiger partial charge is 0.378 e. The Morgan fingerprint density at radius 3 is 2.52 bits per heavy atom. The highest BCUT2D eigenvalue weighted by atomic mass is 16.2. The number of nitrogens with two attached hydrogens (primary N) is 1. The lowest BCUT2D eigenvalue weighted by atomic mass is 9.96. The van der Waals surface area contributed by atoms with Crippen molar-refractivity contribution >= 4 is 17.5 Å². The van der Waals surface area contributed by atoms with Crippen LogP contribution >= 0.6 is 0 Å². The average Bonchev–Trinajstić information content (AvgIpc) is 3.06. The van der Waals surface area contributed by atoms with Crippen molar-refractivity contribution in [2.75, 3.05) is 37.8 Å². The molecule has 3 N–H and O–H groups in total. The molecule has 2 heterocycles. The molecule has 0 spiro atoms. The highest BCUT2D eigenvalue weighted by molar-refractivity contribution is 5.76. The second-order valence-electron chi connectivity index (χ2n) is 6.79. The Bertz CT molecular complexity index is 701. The van der Waals surface area contributed by atoms with Crippen molar-refractivity contribution in [3.8, 4) is 0 Å². The van der Waals surface area contributed by atoms with Crippen molar-refractivity contribution in [3.05, 3.63) is 35.7 Å². The van der Waals surface area contributed by atoms with Gasteiger partial charge in [0, 0.05) is 45.2 Å². The Hall–Kier alpha value is -2.57. The van der Waals surface area contributed by atoms with Gasteiger partial charge >= 0.3 is 0 Å². The summed E-state index contributed by atoms with van der Waals surface area (Å²) in [5.41, 5.74) is 7.93. The molecule has 0 saturated carbocycles. The number of aryl methyl sites for hydroxylation is 1. The second-order valence-corrected chi connectivity index (χ2v) is 6.79. The number of nitrogen functional groups attached to an aromatic ring is 1. The zero-order valence-corrected chi connectivity index (χ0v) is 14.9. The summed E-state index contributed by atoms with van der Waals surface area (Å²) in [6.07, 6.45) is 3.14. The highest BCUT2D eigenvalue weighted by Crippen LogP contribution is 2.26. The fourth-order valence-corrected chi connectivity index (χ4v) is 3.24. The van der Waals surface area contributed by atoms with E-state index in [2.05, 4.69) is 44.3 Å². The molecule has 0 unspecified atom stereocenters. The number of amides is 1. The number of benzene rings is 1. The highest BCUT2D eigenvalue weighted by Gasteiger charge is 2.25. The quantitative estimate of drug-likeness (QED) is 0.864. The molecule has 2 aromatic rings. The molecule has 1 fully saturated rings. The first-order valence-electron chi connectivity index (χ1n) is 8.74. The number of nitrogens with zero attached hydrogens (tertiary/aromatic N) is 4. The topological polar surface area (TPSA) is 91.1 Å². The minimum atomic E-state index is 0.229. The van der Waals surface area contributed by atoms with Crippen molar-refractivity contribution in [1.29, 1.82) is 0 Å². The van der Waals surface area contributed by atoms with Gasteiger partial charge in [0.05, 0.1) is 0 Å². The number of carbonyl (C=O) groups is 1. The van der Waals surface area contributed by atoms with Gasteiger partial charge < -0.3 is 15.5 Å². The van der Waals surface area contributed by atoms with Crippen LogP contribution in [-0.4, -0.2) is 53.2 Å². The smallest absolute Gasteiger partial charge is 0.239 e. The third kappa shape index (κ3) is 4.29. The molecule has 0 atom stereocenters. The fraction of sp³-hybridized carbons (Fsp3) is 0.500. The van der Waals surface area contributed by atoms with E-state index in [1.165, 1.54) is 11.3 Å². The summed E-state index contributed by atoms with van der Waals surface area (Å²) in [4.78, 5) is 20.7. The van der Waals surface area contributed by atoms with E-state index in [-0.39, 0.29) is 11.9 Å². The average molecular weight is 342 g/mol. The van der Waals surface area contributed by atoms with Crippen LogP contribution in [0.1, 0.15) is 36.6 Å². The van der Waals surface area contributed by atoms with Crippen molar-refractivity contribution in [1.82, 2.24) is 20.1 Å². The first-order chi connectivity index (χ1) is 12.0. The molecule has 1 aliphatic rings. The van der Waals surface area contributed by atoms with Crippen LogP contribution in [-0.2, 0) is 11.2 Å². The summed E-state index contributed by atoms with van der Waals surface area (Å²) in [5.74, 6) is 1.67. The van der Waals surface area contributed by atoms with Gasteiger partial charge in [0.25, 0.3) is 0 Å². The molecule has 1 aromatic carbocycles. The summed E-state index contributed by atoms with van der Waals surface area (Å²) in [6, 6.07) is 8.38. The second kappa shape index (κ2) is 7.55. The summed E-state index contributed by atoms with van der Waals surface area (Å²) < 4.78 is 0. The number of hydrogen-bond acceptors (Lipinski definition) is 5. The van der Waals surface area contributed by atoms with Crippen molar-refractivity contribution in [2.45, 2.75) is 31.6 Å². The molecule has 1 saturated heterocycles. The zero-order valence-electron chi connectivity index (χ0n) is 14.9. The van der Waals surface area contributed by atoms with E-state index in [1.807, 2.05) is 19.0 Å². The van der Waals surface area contributed by atoms with E-state index in [0.29, 0.717) is 12.3 Å². The summed E-state index contributed by atoms with van der Waals surface area (Å²) in [6.45, 7) is 1.54. The number of hydrogen-bond donors (Lipinski definition) is 2. The monoisotopic (exact) mass is 342 g/mol. The Morgan fingerprint density at radius 2 is 1.96 bits per heavy atom. The number of rotatable bonds is 5. The van der Waals surface area contributed by atoms with E-state index < -0.39 is 0 Å². The minimum Gasteiger partial charge on any atom is -0.378 e. The summed E-state index contributed by atoms with van der Waals surface area (Å²) in [7, 11) is 4.05. The molecular formula is C18H26N6O. The van der Waals surface area contributed by atoms with Gasteiger partial charge in [-0.1, -0.05) is 12.1 Å². The fourth-order valence-electron chi connectivity index (χ4n) is 3.24. The van der Waals surface area contributed by atoms with Gasteiger partial charge in [0.2, 0.25) is 11.9 Å². The Balaban J connectivity index is 1.46. The van der Waals surface area contributed by atoms with E-state index in [9.17, 15) is 4.79 Å². The van der Waals surface area contributed by atoms with Gasteiger partial charge in [0.1, 0.15) is 5.82 Å². The van der Waals surface area contributed by atoms with Crippen molar-refractivity contribution in [2.24, 2.45) is 0 Å². The molecule has 0 aliphatic carbocycles. The van der Waals surface area contributed by atoms with Crippen LogP contribution in [0.3, 0.4) is 0 Å². The van der Waals surface area contributed by atoms with E-state index >= 15 is 0 Å². The third-order valence-electron chi connectivity index (χ3n) is 4.83. The standard InChI is InChI=1S/C18H26N6O/c1-23(2)15-6-3-13(4-7-15)5-8-16(25)24-11-9-14(10-12-24)17-20-18(19)22-21-17/h3-4,6-7,14H,5,8-12H2,1-2H3,(H3,19,20,21,22). The van der Waals surface area contributed by atoms with Crippen LogP contribution in [0.25, 0.3) is 0 Å². The third-order valence-corrected chi connectivity index (χ3v) is 4.83. The lowest BCUT2D eigenvalue weighted by Crippen LogP contribution is -2.38. The van der Waals surface area contributed by atoms with E-state index in [4.69, 9.17) is 5.73 Å². The van der Waals surface area contributed by atoms with Crippen LogP contribution in [0.5, 0.6) is 0 Å². The molecule has 1 aliphatic heterocycles. The number of carbonyl (C=O) groups excluding carboxylic acids is 1. The predicted octanol–water partition coefficient (Wildman–Crippen LogP) is 1.79. The summed E-state index contributed by atoms with van der Waals surface area (Å²) in [5, 5.41) is 6.77. The number of nitrogens with one attached hydrogen (secondary N) is 1. The molecular weight excluding hydrogens is 316 g/mol. The molecule has 3 rings (SSSR count). The summed E-state index contributed by atoms with van der Waals surface area (Å²) >= 11 is 0. The van der Waals surface area contributed by atoms with Crippen LogP contribution in [0.2, 0.25) is 0 Å². The van der Waals surface area contributed by atoms with Crippen LogP contribution in [0.4, 0.5) is 11.6 Å². The molecule has 1 aromatic heterocycles. The Kier molecular flexibility index (Phi) is 5.21. The molecule has 0 bridgehead atoms. The molecule has 25 heavy (non-hydrogen) atoms. The number of piperidine rings is 1. The number of aromatic nitrogens is 3. The van der Waals surface area contributed by atoms with Crippen LogP contribution in [0.15, 0.2) is 24.3 Å². The van der Waals surface area contributed by atoms with E-state index in [0.717, 1.165) is 38.2 Å². The molecule has 0 radical (unpaired) electrons. The number of H-pyrrole nitrogens is 1. The first kappa shape index (κ1) is 17.3. The van der Waals surface area contributed by atoms with Crippen LogP contribution in [0, 0.1) is 0 Å². The molecule has 7 nitrogen and oxygen atoms in total. The van der Waals surface area contributed by atoms with Gasteiger partial charge in [-0.25, -0.2) is 0 Å². The number of aromatic amines is 1. The molecule has 134 valence electrons. The maximum atomic E-state index is 12.5. The lowest BCUT2D eigenvalue weighted by molar-refractivity contribution is -0.132. The lowest BCUT2D eigenvalue weighted by Gasteiger charge is -2.31. The predicted molar refractivity (Wildman–Crippen MR) is 98.4 cm³/mol. The van der Waals surface area contributed by atoms with Gasteiger partial charge in [-0.2, -0.15) is 4.98 Å². The molecule has 7 heteroatoms. The van der Waals surface area contributed by atoms with Gasteiger partial charge in [0.15, 0.2) is 0 Å². The van der Waals surface area contributed by atoms with Gasteiger partial charge in [-0.15, -0.1) is 5.10 Å². The van der Waals surface area contributed by atoms with Gasteiger partial charge in [-0.3, -0.25) is 9.89 Å². The van der Waals surface area contributed by atoms with Crippen molar-refractivity contribution in [3.63, 3.8) is 0 Å². The Morgan fingerprint density at radius 1 is 1.28 bits per heavy atom. The maximum absolute atomic E-state index is 12.5. The SMILES string of the molecule is CN(C)c1ccc(CCC(=O)N2CCC(c3nc(N)n[nH]3)CC2)cc1. The maximum Gasteiger partial charge on any atom is 0.239 e. The zero-order chi connectivity index (χ0) is 17.8. The normalized spacial score (nSPS) is 15.4. The number of anilines is 2. The van der Waals surface area contributed by atoms with E-state index in [1.54, 1.807) is 0 Å². The minimum absolute atomic E-state index is 0.229. The van der Waals surface area contributed by atoms with Crippen molar-refractivity contribution < 1.29 is 4.79 Å². The Labute approximate surface area is 148 Å². The van der Waals surface area contributed by atoms with Crippen LogP contribution < -0.4 is 10.6 Å². The molecule has 1 amide bonds. The number of likely N-dealkylation sites (tertiary alicyclic amines) is 1. The van der Waals surface area contributed by atoms with Gasteiger partial charge in [-0.05, 0) is 37.0 Å². The first-order valence-corrected chi connectivity index (χ1v) is 8.74.